The molecule has 0 saturated carbocycles. The highest BCUT2D eigenvalue weighted by atomic mass is 16.5. The van der Waals surface area contributed by atoms with Crippen LogP contribution in [0.4, 0.5) is 0 Å². The minimum absolute atomic E-state index is 0.362. The van der Waals surface area contributed by atoms with Crippen molar-refractivity contribution in [3.63, 3.8) is 0 Å². The van der Waals surface area contributed by atoms with Crippen LogP contribution < -0.4 is 5.73 Å². The second-order valence-corrected chi connectivity index (χ2v) is 4.96. The molecule has 3 nitrogen and oxygen atoms in total. The largest absolute Gasteiger partial charge is 0.465 e. The van der Waals surface area contributed by atoms with E-state index in [2.05, 4.69) is 13.8 Å². The number of allylic oxidation sites excluding steroid dienone is 5. The molecule has 112 valence electrons. The SMILES string of the molecule is C\C=C/C=C\C(=C/N)c1cc(C(C)C)ccc1C(=O)OC. The highest BCUT2D eigenvalue weighted by Gasteiger charge is 2.15. The Bertz CT molecular complexity index is 581. The van der Waals surface area contributed by atoms with Gasteiger partial charge in [-0.1, -0.05) is 44.2 Å². The molecule has 0 radical (unpaired) electrons. The van der Waals surface area contributed by atoms with E-state index in [9.17, 15) is 4.79 Å². The normalized spacial score (nSPS) is 12.5. The molecule has 0 amide bonds. The van der Waals surface area contributed by atoms with E-state index in [1.165, 1.54) is 13.3 Å². The van der Waals surface area contributed by atoms with E-state index in [1.54, 1.807) is 6.07 Å². The molecule has 1 aromatic carbocycles. The first-order valence-electron chi connectivity index (χ1n) is 6.99. The van der Waals surface area contributed by atoms with Crippen molar-refractivity contribution in [1.82, 2.24) is 0 Å². The van der Waals surface area contributed by atoms with Crippen LogP contribution in [-0.4, -0.2) is 13.1 Å². The molecule has 0 spiro atoms. The fourth-order valence-electron chi connectivity index (χ4n) is 1.95. The average molecular weight is 285 g/mol. The van der Waals surface area contributed by atoms with Crippen molar-refractivity contribution in [3.8, 4) is 0 Å². The lowest BCUT2D eigenvalue weighted by Crippen LogP contribution is -2.07. The van der Waals surface area contributed by atoms with Crippen LogP contribution in [0.1, 0.15) is 48.2 Å². The summed E-state index contributed by atoms with van der Waals surface area (Å²) in [5.41, 5.74) is 8.98. The van der Waals surface area contributed by atoms with Crippen molar-refractivity contribution in [2.45, 2.75) is 26.7 Å². The van der Waals surface area contributed by atoms with E-state index in [4.69, 9.17) is 10.5 Å². The second-order valence-electron chi connectivity index (χ2n) is 4.96. The summed E-state index contributed by atoms with van der Waals surface area (Å²) in [7, 11) is 1.38. The zero-order chi connectivity index (χ0) is 15.8. The van der Waals surface area contributed by atoms with Gasteiger partial charge in [0.05, 0.1) is 12.7 Å². The van der Waals surface area contributed by atoms with E-state index >= 15 is 0 Å². The van der Waals surface area contributed by atoms with E-state index in [1.807, 2.05) is 43.4 Å². The van der Waals surface area contributed by atoms with E-state index < -0.39 is 0 Å². The third-order valence-corrected chi connectivity index (χ3v) is 3.19. The molecule has 0 heterocycles. The summed E-state index contributed by atoms with van der Waals surface area (Å²) >= 11 is 0. The van der Waals surface area contributed by atoms with Crippen molar-refractivity contribution in [2.75, 3.05) is 7.11 Å². The number of nitrogens with two attached hydrogens (primary N) is 1. The quantitative estimate of drug-likeness (QED) is 0.656. The molecular formula is C18H23NO2. The van der Waals surface area contributed by atoms with Crippen LogP contribution in [0.5, 0.6) is 0 Å². The van der Waals surface area contributed by atoms with Gasteiger partial charge >= 0.3 is 5.97 Å². The molecule has 0 saturated heterocycles. The number of methoxy groups -OCH3 is 1. The highest BCUT2D eigenvalue weighted by molar-refractivity contribution is 5.97. The minimum atomic E-state index is -0.362. The molecule has 0 unspecified atom stereocenters. The molecule has 0 aliphatic carbocycles. The predicted molar refractivity (Wildman–Crippen MR) is 88.0 cm³/mol. The van der Waals surface area contributed by atoms with Crippen LogP contribution in [0.15, 0.2) is 48.7 Å². The van der Waals surface area contributed by atoms with Gasteiger partial charge in [0.1, 0.15) is 0 Å². The van der Waals surface area contributed by atoms with Crippen LogP contribution in [0.2, 0.25) is 0 Å². The number of hydrogen-bond acceptors (Lipinski definition) is 3. The summed E-state index contributed by atoms with van der Waals surface area (Å²) in [5, 5.41) is 0. The Kier molecular flexibility index (Phi) is 6.47. The Balaban J connectivity index is 3.40. The first-order chi connectivity index (χ1) is 10.0. The van der Waals surface area contributed by atoms with E-state index in [0.717, 1.165) is 16.7 Å². The van der Waals surface area contributed by atoms with Crippen LogP contribution in [-0.2, 0) is 4.74 Å². The van der Waals surface area contributed by atoms with Gasteiger partial charge in [0.2, 0.25) is 0 Å². The molecule has 0 aliphatic heterocycles. The predicted octanol–water partition coefficient (Wildman–Crippen LogP) is 4.03. The Morgan fingerprint density at radius 1 is 1.24 bits per heavy atom. The molecule has 0 bridgehead atoms. The van der Waals surface area contributed by atoms with Gasteiger partial charge in [-0.2, -0.15) is 0 Å². The number of rotatable bonds is 5. The fraction of sp³-hybridized carbons (Fsp3) is 0.278. The molecule has 1 aromatic rings. The number of carbonyl (C=O) groups excluding carboxylic acids is 1. The molecule has 0 aliphatic rings. The van der Waals surface area contributed by atoms with Crippen molar-refractivity contribution >= 4 is 11.5 Å². The Labute approximate surface area is 126 Å². The monoisotopic (exact) mass is 285 g/mol. The first kappa shape index (κ1) is 16.8. The van der Waals surface area contributed by atoms with Crippen LogP contribution >= 0.6 is 0 Å². The van der Waals surface area contributed by atoms with Gasteiger partial charge in [-0.25, -0.2) is 4.79 Å². The van der Waals surface area contributed by atoms with E-state index in [0.29, 0.717) is 11.5 Å². The number of esters is 1. The third kappa shape index (κ3) is 4.35. The van der Waals surface area contributed by atoms with Gasteiger partial charge in [0.15, 0.2) is 0 Å². The molecule has 3 heteroatoms. The Morgan fingerprint density at radius 3 is 2.48 bits per heavy atom. The summed E-state index contributed by atoms with van der Waals surface area (Å²) in [6.45, 7) is 6.16. The Morgan fingerprint density at radius 2 is 1.95 bits per heavy atom. The van der Waals surface area contributed by atoms with Gasteiger partial charge in [-0.05, 0) is 41.7 Å². The topological polar surface area (TPSA) is 52.3 Å². The molecule has 0 atom stereocenters. The lowest BCUT2D eigenvalue weighted by atomic mass is 9.93. The minimum Gasteiger partial charge on any atom is -0.465 e. The van der Waals surface area contributed by atoms with Crippen LogP contribution in [0.25, 0.3) is 5.57 Å². The molecule has 0 aromatic heterocycles. The van der Waals surface area contributed by atoms with Gasteiger partial charge in [-0.3, -0.25) is 0 Å². The van der Waals surface area contributed by atoms with Crippen molar-refractivity contribution in [1.29, 1.82) is 0 Å². The van der Waals surface area contributed by atoms with Gasteiger partial charge in [0.25, 0.3) is 0 Å². The number of carbonyl (C=O) groups is 1. The summed E-state index contributed by atoms with van der Waals surface area (Å²) in [6.07, 6.45) is 9.11. The summed E-state index contributed by atoms with van der Waals surface area (Å²) in [4.78, 5) is 11.9. The first-order valence-corrected chi connectivity index (χ1v) is 6.99. The number of ether oxygens (including phenoxy) is 1. The van der Waals surface area contributed by atoms with Gasteiger partial charge < -0.3 is 10.5 Å². The van der Waals surface area contributed by atoms with Crippen LogP contribution in [0, 0.1) is 0 Å². The van der Waals surface area contributed by atoms with Gasteiger partial charge in [0, 0.05) is 6.20 Å². The molecular weight excluding hydrogens is 262 g/mol. The Hall–Kier alpha value is -2.29. The number of hydrogen-bond donors (Lipinski definition) is 1. The average Bonchev–Trinajstić information content (AvgIpc) is 2.50. The lowest BCUT2D eigenvalue weighted by Gasteiger charge is -2.13. The maximum Gasteiger partial charge on any atom is 0.338 e. The fourth-order valence-corrected chi connectivity index (χ4v) is 1.95. The van der Waals surface area contributed by atoms with Crippen molar-refractivity contribution in [3.05, 3.63) is 65.4 Å². The summed E-state index contributed by atoms with van der Waals surface area (Å²) < 4.78 is 4.85. The lowest BCUT2D eigenvalue weighted by molar-refractivity contribution is 0.0600. The van der Waals surface area contributed by atoms with Crippen molar-refractivity contribution in [2.24, 2.45) is 5.73 Å². The second kappa shape index (κ2) is 8.10. The van der Waals surface area contributed by atoms with Crippen LogP contribution in [0.3, 0.4) is 0 Å². The molecule has 21 heavy (non-hydrogen) atoms. The molecule has 0 fully saturated rings. The summed E-state index contributed by atoms with van der Waals surface area (Å²) in [6, 6.07) is 5.74. The molecule has 1 rings (SSSR count). The molecule has 2 N–H and O–H groups in total. The maximum atomic E-state index is 11.9. The standard InChI is InChI=1S/C18H23NO2/c1-5-6-7-8-15(12-19)17-11-14(13(2)3)9-10-16(17)18(20)21-4/h5-13H,19H2,1-4H3/b6-5-,8-7-,15-12+. The van der Waals surface area contributed by atoms with Crippen molar-refractivity contribution < 1.29 is 9.53 Å². The summed E-state index contributed by atoms with van der Waals surface area (Å²) in [5.74, 6) is 0.00748. The zero-order valence-electron chi connectivity index (χ0n) is 13.1. The van der Waals surface area contributed by atoms with Gasteiger partial charge in [-0.15, -0.1) is 0 Å². The highest BCUT2D eigenvalue weighted by Crippen LogP contribution is 2.26. The smallest absolute Gasteiger partial charge is 0.338 e. The van der Waals surface area contributed by atoms with E-state index in [-0.39, 0.29) is 5.97 Å². The third-order valence-electron chi connectivity index (χ3n) is 3.19. The zero-order valence-corrected chi connectivity index (χ0v) is 13.1. The maximum absolute atomic E-state index is 11.9. The number of benzene rings is 1.